The fourth-order valence-corrected chi connectivity index (χ4v) is 3.42. The predicted molar refractivity (Wildman–Crippen MR) is 90.0 cm³/mol. The van der Waals surface area contributed by atoms with Crippen LogP contribution in [0, 0.1) is 0 Å². The predicted octanol–water partition coefficient (Wildman–Crippen LogP) is 3.48. The Kier molecular flexibility index (Phi) is 3.92. The number of methoxy groups -OCH3 is 1. The molecule has 7 heteroatoms. The van der Waals surface area contributed by atoms with Gasteiger partial charge in [0.1, 0.15) is 5.75 Å². The van der Waals surface area contributed by atoms with Crippen LogP contribution in [0.5, 0.6) is 5.75 Å². The number of nitrogens with zero attached hydrogens (tertiary/aromatic N) is 1. The van der Waals surface area contributed by atoms with Crippen molar-refractivity contribution >= 4 is 42.8 Å². The van der Waals surface area contributed by atoms with Crippen LogP contribution in [0.15, 0.2) is 59.3 Å². The van der Waals surface area contributed by atoms with Crippen molar-refractivity contribution < 1.29 is 9.15 Å². The minimum absolute atomic E-state index is 0.225. The Bertz CT molecular complexity index is 974. The Morgan fingerprint density at radius 1 is 1.09 bits per heavy atom. The summed E-state index contributed by atoms with van der Waals surface area (Å²) in [4.78, 5) is 24.8. The lowest BCUT2D eigenvalue weighted by Crippen LogP contribution is -2.31. The van der Waals surface area contributed by atoms with Crippen LogP contribution in [0.2, 0.25) is 0 Å². The van der Waals surface area contributed by atoms with Crippen molar-refractivity contribution in [2.24, 2.45) is 0 Å². The highest BCUT2D eigenvalue weighted by molar-refractivity contribution is 9.11. The zero-order valence-electron chi connectivity index (χ0n) is 11.3. The van der Waals surface area contributed by atoms with E-state index in [1.54, 1.807) is 43.5 Å². The number of benzene rings is 2. The van der Waals surface area contributed by atoms with Gasteiger partial charge >= 0.3 is 5.76 Å². The molecule has 0 aliphatic rings. The quantitative estimate of drug-likeness (QED) is 0.629. The van der Waals surface area contributed by atoms with Crippen LogP contribution in [0.3, 0.4) is 0 Å². The molecule has 1 aromatic heterocycles. The SMILES string of the molecule is COc1ccc(-n2c(=O)oc3c(Br)cc(Br)cc3c2=O)cc1. The summed E-state index contributed by atoms with van der Waals surface area (Å²) >= 11 is 6.61. The number of halogens is 2. The summed E-state index contributed by atoms with van der Waals surface area (Å²) in [5.41, 5.74) is 0.193. The first-order chi connectivity index (χ1) is 10.5. The maximum Gasteiger partial charge on any atom is 0.427 e. The number of fused-ring (bicyclic) bond motifs is 1. The number of hydrogen-bond acceptors (Lipinski definition) is 4. The molecule has 0 radical (unpaired) electrons. The van der Waals surface area contributed by atoms with Crippen LogP contribution in [0.4, 0.5) is 0 Å². The molecule has 0 saturated heterocycles. The van der Waals surface area contributed by atoms with Crippen molar-refractivity contribution in [1.82, 2.24) is 4.57 Å². The molecule has 0 bridgehead atoms. The number of ether oxygens (including phenoxy) is 1. The van der Waals surface area contributed by atoms with E-state index in [1.807, 2.05) is 0 Å². The Hall–Kier alpha value is -1.86. The smallest absolute Gasteiger partial charge is 0.427 e. The first-order valence-corrected chi connectivity index (χ1v) is 7.79. The molecule has 3 rings (SSSR count). The van der Waals surface area contributed by atoms with Crippen LogP contribution in [-0.2, 0) is 0 Å². The molecule has 0 amide bonds. The van der Waals surface area contributed by atoms with Gasteiger partial charge in [-0.05, 0) is 52.3 Å². The third kappa shape index (κ3) is 2.50. The maximum atomic E-state index is 12.6. The topological polar surface area (TPSA) is 61.4 Å². The molecule has 0 fully saturated rings. The van der Waals surface area contributed by atoms with Gasteiger partial charge in [-0.25, -0.2) is 9.36 Å². The summed E-state index contributed by atoms with van der Waals surface area (Å²) in [5, 5.41) is 0.302. The summed E-state index contributed by atoms with van der Waals surface area (Å²) in [6.45, 7) is 0. The van der Waals surface area contributed by atoms with E-state index in [1.165, 1.54) is 0 Å². The molecule has 0 unspecified atom stereocenters. The van der Waals surface area contributed by atoms with Gasteiger partial charge in [0.2, 0.25) is 0 Å². The lowest BCUT2D eigenvalue weighted by molar-refractivity contribution is 0.414. The van der Waals surface area contributed by atoms with Crippen molar-refractivity contribution in [3.8, 4) is 11.4 Å². The van der Waals surface area contributed by atoms with Gasteiger partial charge in [-0.2, -0.15) is 0 Å². The average Bonchev–Trinajstić information content (AvgIpc) is 2.49. The normalized spacial score (nSPS) is 10.9. The van der Waals surface area contributed by atoms with Crippen LogP contribution >= 0.6 is 31.9 Å². The third-order valence-corrected chi connectivity index (χ3v) is 4.19. The van der Waals surface area contributed by atoms with E-state index in [0.29, 0.717) is 25.8 Å². The van der Waals surface area contributed by atoms with E-state index < -0.39 is 11.3 Å². The number of rotatable bonds is 2. The Morgan fingerprint density at radius 3 is 2.41 bits per heavy atom. The highest BCUT2D eigenvalue weighted by Crippen LogP contribution is 2.26. The van der Waals surface area contributed by atoms with Crippen molar-refractivity contribution in [2.75, 3.05) is 7.11 Å². The summed E-state index contributed by atoms with van der Waals surface area (Å²) < 4.78 is 12.6. The highest BCUT2D eigenvalue weighted by Gasteiger charge is 2.14. The van der Waals surface area contributed by atoms with E-state index >= 15 is 0 Å². The molecule has 0 aliphatic carbocycles. The van der Waals surface area contributed by atoms with E-state index in [0.717, 1.165) is 4.57 Å². The standard InChI is InChI=1S/C15H9Br2NO4/c1-21-10-4-2-9(3-5-10)18-14(19)11-6-8(16)7-12(17)13(11)22-15(18)20/h2-7H,1H3. The second-order valence-corrected chi connectivity index (χ2v) is 6.24. The summed E-state index contributed by atoms with van der Waals surface area (Å²) in [5.74, 6) is -0.113. The molecule has 1 heterocycles. The van der Waals surface area contributed by atoms with Gasteiger partial charge in [0, 0.05) is 4.47 Å². The molecule has 5 nitrogen and oxygen atoms in total. The summed E-state index contributed by atoms with van der Waals surface area (Å²) in [6.07, 6.45) is 0. The lowest BCUT2D eigenvalue weighted by Gasteiger charge is -2.07. The van der Waals surface area contributed by atoms with Gasteiger partial charge in [0.05, 0.1) is 22.7 Å². The highest BCUT2D eigenvalue weighted by atomic mass is 79.9. The fraction of sp³-hybridized carbons (Fsp3) is 0.0667. The Morgan fingerprint density at radius 2 is 1.77 bits per heavy atom. The van der Waals surface area contributed by atoms with Gasteiger partial charge < -0.3 is 9.15 Å². The monoisotopic (exact) mass is 425 g/mol. The minimum atomic E-state index is -0.745. The summed E-state index contributed by atoms with van der Waals surface area (Å²) in [6, 6.07) is 9.91. The molecule has 0 N–H and O–H groups in total. The molecular formula is C15H9Br2NO4. The molecular weight excluding hydrogens is 418 g/mol. The molecule has 2 aromatic carbocycles. The van der Waals surface area contributed by atoms with Crippen LogP contribution in [0.1, 0.15) is 0 Å². The summed E-state index contributed by atoms with van der Waals surface area (Å²) in [7, 11) is 1.54. The van der Waals surface area contributed by atoms with Crippen LogP contribution < -0.4 is 16.1 Å². The largest absolute Gasteiger partial charge is 0.497 e. The van der Waals surface area contributed by atoms with Crippen LogP contribution in [-0.4, -0.2) is 11.7 Å². The molecule has 0 saturated carbocycles. The molecule has 0 aliphatic heterocycles. The van der Waals surface area contributed by atoms with Crippen molar-refractivity contribution in [2.45, 2.75) is 0 Å². The van der Waals surface area contributed by atoms with Gasteiger partial charge in [0.25, 0.3) is 5.56 Å². The van der Waals surface area contributed by atoms with Gasteiger partial charge in [-0.15, -0.1) is 0 Å². The zero-order chi connectivity index (χ0) is 15.9. The second-order valence-electron chi connectivity index (χ2n) is 4.47. The first kappa shape index (κ1) is 15.1. The third-order valence-electron chi connectivity index (χ3n) is 3.14. The zero-order valence-corrected chi connectivity index (χ0v) is 14.5. The van der Waals surface area contributed by atoms with E-state index in [4.69, 9.17) is 9.15 Å². The van der Waals surface area contributed by atoms with Gasteiger partial charge in [-0.1, -0.05) is 15.9 Å². The Balaban J connectivity index is 2.34. The maximum absolute atomic E-state index is 12.6. The molecule has 0 atom stereocenters. The molecule has 112 valence electrons. The van der Waals surface area contributed by atoms with E-state index in [2.05, 4.69) is 31.9 Å². The van der Waals surface area contributed by atoms with E-state index in [9.17, 15) is 9.59 Å². The number of aromatic nitrogens is 1. The second kappa shape index (κ2) is 5.73. The van der Waals surface area contributed by atoms with Gasteiger partial charge in [0.15, 0.2) is 5.58 Å². The average molecular weight is 427 g/mol. The van der Waals surface area contributed by atoms with Crippen molar-refractivity contribution in [3.05, 3.63) is 66.2 Å². The van der Waals surface area contributed by atoms with Gasteiger partial charge in [-0.3, -0.25) is 4.79 Å². The lowest BCUT2D eigenvalue weighted by atomic mass is 10.2. The fourth-order valence-electron chi connectivity index (χ4n) is 2.11. The van der Waals surface area contributed by atoms with Crippen molar-refractivity contribution in [1.29, 1.82) is 0 Å². The molecule has 22 heavy (non-hydrogen) atoms. The first-order valence-electron chi connectivity index (χ1n) is 6.20. The Labute approximate surface area is 141 Å². The molecule has 3 aromatic rings. The van der Waals surface area contributed by atoms with E-state index in [-0.39, 0.29) is 5.58 Å². The van der Waals surface area contributed by atoms with Crippen LogP contribution in [0.25, 0.3) is 16.7 Å². The van der Waals surface area contributed by atoms with Crippen molar-refractivity contribution in [3.63, 3.8) is 0 Å². The minimum Gasteiger partial charge on any atom is -0.497 e. The number of hydrogen-bond donors (Lipinski definition) is 0. The molecule has 0 spiro atoms.